The highest BCUT2D eigenvalue weighted by molar-refractivity contribution is 5.95. The van der Waals surface area contributed by atoms with E-state index in [2.05, 4.69) is 86.7 Å². The van der Waals surface area contributed by atoms with Crippen LogP contribution < -0.4 is 4.74 Å². The molecule has 0 spiro atoms. The van der Waals surface area contributed by atoms with Crippen LogP contribution in [0.5, 0.6) is 5.75 Å². The van der Waals surface area contributed by atoms with Gasteiger partial charge in [-0.25, -0.2) is 0 Å². The Morgan fingerprint density at radius 2 is 1.49 bits per heavy atom. The van der Waals surface area contributed by atoms with Crippen LogP contribution >= 0.6 is 0 Å². The highest BCUT2D eigenvalue weighted by atomic mass is 16.5. The summed E-state index contributed by atoms with van der Waals surface area (Å²) < 4.78 is 7.25. The van der Waals surface area contributed by atoms with Crippen molar-refractivity contribution in [2.45, 2.75) is 64.7 Å². The predicted molar refractivity (Wildman–Crippen MR) is 160 cm³/mol. The topological polar surface area (TPSA) is 34.5 Å². The van der Waals surface area contributed by atoms with Crippen molar-refractivity contribution in [1.29, 1.82) is 0 Å². The molecule has 0 amide bonds. The number of hydrogen-bond donors (Lipinski definition) is 0. The van der Waals surface area contributed by atoms with E-state index in [1.165, 1.54) is 5.56 Å². The molecule has 1 aromatic carbocycles. The molecule has 2 aromatic rings. The van der Waals surface area contributed by atoms with Crippen molar-refractivity contribution in [3.05, 3.63) is 90.7 Å². The van der Waals surface area contributed by atoms with Gasteiger partial charge in [0, 0.05) is 24.5 Å². The summed E-state index contributed by atoms with van der Waals surface area (Å²) in [4.78, 5) is 15.2. The number of unbranched alkanes of at least 4 members (excludes halogenated alkanes) is 1. The van der Waals surface area contributed by atoms with Gasteiger partial charge >= 0.3 is 0 Å². The van der Waals surface area contributed by atoms with E-state index in [9.17, 15) is 4.79 Å². The quantitative estimate of drug-likeness (QED) is 0.161. The molecule has 0 aliphatic rings. The molecule has 0 N–H and O–H groups in total. The molecule has 0 aliphatic carbocycles. The Hall–Kier alpha value is -3.11. The number of methoxy groups -OCH3 is 1. The number of ether oxygens (including phenoxy) is 1. The number of hydrogen-bond acceptors (Lipinski definition) is 3. The van der Waals surface area contributed by atoms with Crippen molar-refractivity contribution in [3.8, 4) is 5.75 Å². The van der Waals surface area contributed by atoms with E-state index >= 15 is 0 Å². The minimum atomic E-state index is 0.152. The summed E-state index contributed by atoms with van der Waals surface area (Å²) in [5.41, 5.74) is 2.16. The van der Waals surface area contributed by atoms with Gasteiger partial charge in [0.15, 0.2) is 0 Å². The molecule has 4 heteroatoms. The second-order valence-corrected chi connectivity index (χ2v) is 9.45. The van der Waals surface area contributed by atoms with Gasteiger partial charge in [-0.15, -0.1) is 0 Å². The molecule has 1 aromatic heterocycles. The van der Waals surface area contributed by atoms with Gasteiger partial charge in [-0.2, -0.15) is 0 Å². The third-order valence-corrected chi connectivity index (χ3v) is 6.11. The Morgan fingerprint density at radius 3 is 2.05 bits per heavy atom. The SMILES string of the molecule is CC/C=C\C/C=C\C/C=C\C/C=C\C/C=C\CCCC(=O)n1cc(CCN(C)C)c2cc(OC)ccc21. The molecule has 4 nitrogen and oxygen atoms in total. The Bertz CT molecular complexity index is 1080. The van der Waals surface area contributed by atoms with Crippen molar-refractivity contribution >= 4 is 16.8 Å². The van der Waals surface area contributed by atoms with E-state index in [1.54, 1.807) is 7.11 Å². The lowest BCUT2D eigenvalue weighted by molar-refractivity contribution is 0.0905. The minimum absolute atomic E-state index is 0.152. The number of carbonyl (C=O) groups excluding carboxylic acids is 1. The second-order valence-electron chi connectivity index (χ2n) is 9.45. The zero-order chi connectivity index (χ0) is 26.7. The smallest absolute Gasteiger partial charge is 0.231 e. The molecular weight excluding hydrogens is 456 g/mol. The number of nitrogens with zero attached hydrogens (tertiary/aromatic N) is 2. The Balaban J connectivity index is 1.72. The van der Waals surface area contributed by atoms with Crippen LogP contribution in [0.1, 0.15) is 68.6 Å². The molecule has 0 fully saturated rings. The minimum Gasteiger partial charge on any atom is -0.497 e. The summed E-state index contributed by atoms with van der Waals surface area (Å²) >= 11 is 0. The zero-order valence-electron chi connectivity index (χ0n) is 23.4. The van der Waals surface area contributed by atoms with Crippen molar-refractivity contribution in [2.75, 3.05) is 27.7 Å². The van der Waals surface area contributed by atoms with Crippen LogP contribution in [0.2, 0.25) is 0 Å². The lowest BCUT2D eigenvalue weighted by Gasteiger charge is -2.08. The number of rotatable bonds is 17. The summed E-state index contributed by atoms with van der Waals surface area (Å²) in [6.07, 6.45) is 32.3. The predicted octanol–water partition coefficient (Wildman–Crippen LogP) is 8.32. The van der Waals surface area contributed by atoms with Crippen molar-refractivity contribution in [2.24, 2.45) is 0 Å². The summed E-state index contributed by atoms with van der Waals surface area (Å²) in [5, 5.41) is 1.10. The fraction of sp³-hybridized carbons (Fsp3) is 0.424. The fourth-order valence-corrected chi connectivity index (χ4v) is 4.01. The van der Waals surface area contributed by atoms with E-state index in [1.807, 2.05) is 29.0 Å². The first-order chi connectivity index (χ1) is 18.1. The number of allylic oxidation sites excluding steroid dienone is 10. The van der Waals surface area contributed by atoms with Gasteiger partial charge in [0.25, 0.3) is 0 Å². The first-order valence-corrected chi connectivity index (χ1v) is 13.7. The summed E-state index contributed by atoms with van der Waals surface area (Å²) in [6, 6.07) is 5.97. The monoisotopic (exact) mass is 502 g/mol. The highest BCUT2D eigenvalue weighted by Crippen LogP contribution is 2.27. The van der Waals surface area contributed by atoms with Gasteiger partial charge in [-0.05, 0) is 89.2 Å². The van der Waals surface area contributed by atoms with Crippen molar-refractivity contribution < 1.29 is 9.53 Å². The zero-order valence-corrected chi connectivity index (χ0v) is 23.4. The summed E-state index contributed by atoms with van der Waals surface area (Å²) in [5.74, 6) is 0.973. The molecule has 37 heavy (non-hydrogen) atoms. The molecular formula is C33H46N2O2. The van der Waals surface area contributed by atoms with Gasteiger partial charge in [0.1, 0.15) is 5.75 Å². The lowest BCUT2D eigenvalue weighted by Crippen LogP contribution is -2.15. The van der Waals surface area contributed by atoms with Gasteiger partial charge in [-0.1, -0.05) is 67.7 Å². The largest absolute Gasteiger partial charge is 0.497 e. The van der Waals surface area contributed by atoms with E-state index in [-0.39, 0.29) is 5.91 Å². The van der Waals surface area contributed by atoms with Crippen LogP contribution in [-0.4, -0.2) is 43.1 Å². The van der Waals surface area contributed by atoms with Crippen LogP contribution in [-0.2, 0) is 6.42 Å². The first kappa shape index (κ1) is 30.1. The van der Waals surface area contributed by atoms with Crippen LogP contribution in [0.15, 0.2) is 85.2 Å². The molecule has 200 valence electrons. The summed E-state index contributed by atoms with van der Waals surface area (Å²) in [6.45, 7) is 3.09. The third-order valence-electron chi connectivity index (χ3n) is 6.11. The normalized spacial score (nSPS) is 12.7. The molecule has 0 saturated carbocycles. The Kier molecular flexibility index (Phi) is 14.8. The first-order valence-electron chi connectivity index (χ1n) is 13.7. The van der Waals surface area contributed by atoms with Crippen molar-refractivity contribution in [1.82, 2.24) is 9.47 Å². The van der Waals surface area contributed by atoms with Gasteiger partial charge in [0.2, 0.25) is 5.91 Å². The van der Waals surface area contributed by atoms with E-state index in [0.29, 0.717) is 6.42 Å². The number of benzene rings is 1. The maximum absolute atomic E-state index is 13.0. The van der Waals surface area contributed by atoms with E-state index in [4.69, 9.17) is 4.74 Å². The van der Waals surface area contributed by atoms with E-state index < -0.39 is 0 Å². The van der Waals surface area contributed by atoms with Gasteiger partial charge in [0.05, 0.1) is 12.6 Å². The molecule has 0 atom stereocenters. The number of likely N-dealkylation sites (N-methyl/N-ethyl adjacent to an activating group) is 1. The fourth-order valence-electron chi connectivity index (χ4n) is 4.01. The van der Waals surface area contributed by atoms with Crippen LogP contribution in [0.3, 0.4) is 0 Å². The summed E-state index contributed by atoms with van der Waals surface area (Å²) in [7, 11) is 5.82. The third kappa shape index (κ3) is 11.7. The molecule has 1 heterocycles. The number of aromatic nitrogens is 1. The standard InChI is InChI=1S/C33H46N2O2/c1-5-6-7-8-9-10-11-12-13-14-15-16-17-18-19-20-21-22-33(36)35-28-29(25-26-34(2)3)31-27-30(37-4)23-24-32(31)35/h6-7,9-10,12-13,15-16,18-19,23-24,27-28H,5,8,11,14,17,20-22,25-26H2,1-4H3/b7-6-,10-9-,13-12-,16-15-,19-18-. The maximum Gasteiger partial charge on any atom is 0.231 e. The van der Waals surface area contributed by atoms with Gasteiger partial charge < -0.3 is 9.64 Å². The van der Waals surface area contributed by atoms with Crippen LogP contribution in [0.25, 0.3) is 10.9 Å². The Labute approximate surface area is 224 Å². The van der Waals surface area contributed by atoms with Gasteiger partial charge in [-0.3, -0.25) is 9.36 Å². The average molecular weight is 503 g/mol. The van der Waals surface area contributed by atoms with Crippen molar-refractivity contribution in [3.63, 3.8) is 0 Å². The Morgan fingerprint density at radius 1 is 0.892 bits per heavy atom. The maximum atomic E-state index is 13.0. The molecule has 0 radical (unpaired) electrons. The van der Waals surface area contributed by atoms with E-state index in [0.717, 1.165) is 74.6 Å². The molecule has 2 rings (SSSR count). The highest BCUT2D eigenvalue weighted by Gasteiger charge is 2.14. The molecule has 0 bridgehead atoms. The second kappa shape index (κ2) is 18.2. The average Bonchev–Trinajstić information content (AvgIpc) is 3.27. The van der Waals surface area contributed by atoms with Crippen LogP contribution in [0, 0.1) is 0 Å². The van der Waals surface area contributed by atoms with Crippen LogP contribution in [0.4, 0.5) is 0 Å². The lowest BCUT2D eigenvalue weighted by atomic mass is 10.1. The number of carbonyl (C=O) groups is 1. The number of fused-ring (bicyclic) bond motifs is 1. The molecule has 0 unspecified atom stereocenters. The molecule has 0 aliphatic heterocycles. The molecule has 0 saturated heterocycles.